The Morgan fingerprint density at radius 2 is 1.68 bits per heavy atom. The molecule has 2 aromatic carbocycles. The molecule has 0 bridgehead atoms. The van der Waals surface area contributed by atoms with Crippen LogP contribution in [0.4, 0.5) is 5.69 Å². The summed E-state index contributed by atoms with van der Waals surface area (Å²) in [5, 5.41) is 11.3. The summed E-state index contributed by atoms with van der Waals surface area (Å²) < 4.78 is 1.94. The van der Waals surface area contributed by atoms with E-state index in [1.807, 2.05) is 50.6 Å². The van der Waals surface area contributed by atoms with Gasteiger partial charge < -0.3 is 0 Å². The molecule has 1 aromatic heterocycles. The van der Waals surface area contributed by atoms with Gasteiger partial charge in [-0.2, -0.15) is 15.2 Å². The van der Waals surface area contributed by atoms with E-state index in [0.29, 0.717) is 22.0 Å². The van der Waals surface area contributed by atoms with Gasteiger partial charge in [0.15, 0.2) is 0 Å². The van der Waals surface area contributed by atoms with E-state index in [-0.39, 0.29) is 5.91 Å². The van der Waals surface area contributed by atoms with E-state index < -0.39 is 0 Å². The normalized spacial score (nSPS) is 15.2. The molecule has 0 aliphatic carbocycles. The Morgan fingerprint density at radius 3 is 2.35 bits per heavy atom. The van der Waals surface area contributed by atoms with Crippen molar-refractivity contribution < 1.29 is 4.79 Å². The Labute approximate surface area is 187 Å². The van der Waals surface area contributed by atoms with Gasteiger partial charge in [-0.05, 0) is 76.9 Å². The van der Waals surface area contributed by atoms with Crippen molar-refractivity contribution in [2.24, 2.45) is 5.10 Å². The summed E-state index contributed by atoms with van der Waals surface area (Å²) in [4.78, 5) is 13.2. The predicted molar refractivity (Wildman–Crippen MR) is 127 cm³/mol. The molecule has 0 fully saturated rings. The molecule has 3 aromatic rings. The molecule has 0 N–H and O–H groups in total. The molecule has 4 rings (SSSR count). The van der Waals surface area contributed by atoms with Crippen LogP contribution in [-0.2, 0) is 4.79 Å². The molecule has 0 unspecified atom stereocenters. The van der Waals surface area contributed by atoms with E-state index in [4.69, 9.17) is 16.7 Å². The van der Waals surface area contributed by atoms with Crippen LogP contribution in [0.15, 0.2) is 47.1 Å². The number of aryl methyl sites for hydroxylation is 4. The molecule has 0 radical (unpaired) electrons. The highest BCUT2D eigenvalue weighted by Crippen LogP contribution is 2.30. The smallest absolute Gasteiger partial charge is 0.267 e. The summed E-state index contributed by atoms with van der Waals surface area (Å²) in [7, 11) is 0. The number of hydrazone groups is 1. The summed E-state index contributed by atoms with van der Waals surface area (Å²) in [6.07, 6.45) is 1.90. The standard InChI is InChI=1S/C25H25ClN4O/c1-14-7-10-24(16(3)11-14)29-19(6)21(17(4)27-29)13-22-18(5)28-30(25(22)31)20-9-8-15(2)23(26)12-20/h7-13H,1-6H3/b22-13-. The second-order valence-corrected chi connectivity index (χ2v) is 8.49. The second kappa shape index (κ2) is 7.82. The number of aromatic nitrogens is 2. The van der Waals surface area contributed by atoms with Crippen LogP contribution in [-0.4, -0.2) is 21.4 Å². The Hall–Kier alpha value is -3.18. The van der Waals surface area contributed by atoms with Crippen molar-refractivity contribution in [3.05, 3.63) is 80.6 Å². The monoisotopic (exact) mass is 432 g/mol. The zero-order valence-corrected chi connectivity index (χ0v) is 19.4. The van der Waals surface area contributed by atoms with Gasteiger partial charge in [0.05, 0.1) is 28.4 Å². The first kappa shape index (κ1) is 21.1. The molecule has 2 heterocycles. The highest BCUT2D eigenvalue weighted by molar-refractivity contribution is 6.33. The van der Waals surface area contributed by atoms with E-state index in [1.54, 1.807) is 6.07 Å². The number of nitrogens with zero attached hydrogens (tertiary/aromatic N) is 4. The first-order chi connectivity index (χ1) is 14.7. The number of benzene rings is 2. The van der Waals surface area contributed by atoms with Crippen LogP contribution in [0, 0.1) is 34.6 Å². The lowest BCUT2D eigenvalue weighted by Gasteiger charge is -2.13. The lowest BCUT2D eigenvalue weighted by molar-refractivity contribution is -0.114. The molecule has 0 saturated carbocycles. The number of rotatable bonds is 3. The van der Waals surface area contributed by atoms with Gasteiger partial charge in [-0.1, -0.05) is 35.4 Å². The van der Waals surface area contributed by atoms with E-state index in [2.05, 4.69) is 37.1 Å². The maximum Gasteiger partial charge on any atom is 0.280 e. The van der Waals surface area contributed by atoms with Crippen LogP contribution in [0.1, 0.15) is 40.6 Å². The number of hydrogen-bond acceptors (Lipinski definition) is 3. The number of carbonyl (C=O) groups is 1. The van der Waals surface area contributed by atoms with Gasteiger partial charge in [0.25, 0.3) is 5.91 Å². The van der Waals surface area contributed by atoms with E-state index in [1.165, 1.54) is 10.6 Å². The van der Waals surface area contributed by atoms with Crippen LogP contribution < -0.4 is 5.01 Å². The lowest BCUT2D eigenvalue weighted by atomic mass is 10.1. The Morgan fingerprint density at radius 1 is 0.935 bits per heavy atom. The fourth-order valence-corrected chi connectivity index (χ4v) is 4.03. The van der Waals surface area contributed by atoms with Crippen LogP contribution in [0.2, 0.25) is 5.02 Å². The van der Waals surface area contributed by atoms with Crippen molar-refractivity contribution in [3.8, 4) is 5.69 Å². The van der Waals surface area contributed by atoms with Crippen molar-refractivity contribution in [2.45, 2.75) is 41.5 Å². The summed E-state index contributed by atoms with van der Waals surface area (Å²) in [5.74, 6) is -0.171. The average Bonchev–Trinajstić information content (AvgIpc) is 3.15. The molecule has 6 heteroatoms. The van der Waals surface area contributed by atoms with Gasteiger partial charge in [0.1, 0.15) is 0 Å². The average molecular weight is 433 g/mol. The molecule has 0 spiro atoms. The molecule has 31 heavy (non-hydrogen) atoms. The summed E-state index contributed by atoms with van der Waals surface area (Å²) in [6.45, 7) is 11.9. The number of carbonyl (C=O) groups excluding carboxylic acids is 1. The SMILES string of the molecule is CC1=NN(c2ccc(C)c(Cl)c2)C(=O)/C1=C\c1c(C)nn(-c2ccc(C)cc2C)c1C. The summed E-state index contributed by atoms with van der Waals surface area (Å²) >= 11 is 6.26. The largest absolute Gasteiger partial charge is 0.280 e. The molecule has 5 nitrogen and oxygen atoms in total. The molecule has 1 amide bonds. The number of hydrogen-bond donors (Lipinski definition) is 0. The highest BCUT2D eigenvalue weighted by atomic mass is 35.5. The lowest BCUT2D eigenvalue weighted by Crippen LogP contribution is -2.21. The third kappa shape index (κ3) is 3.70. The fraction of sp³-hybridized carbons (Fsp3) is 0.240. The maximum atomic E-state index is 13.2. The van der Waals surface area contributed by atoms with Gasteiger partial charge in [-0.25, -0.2) is 4.68 Å². The number of halogens is 1. The molecular weight excluding hydrogens is 408 g/mol. The Kier molecular flexibility index (Phi) is 5.31. The minimum Gasteiger partial charge on any atom is -0.267 e. The zero-order valence-electron chi connectivity index (χ0n) is 18.6. The minimum absolute atomic E-state index is 0.171. The molecular formula is C25H25ClN4O. The fourth-order valence-electron chi connectivity index (χ4n) is 3.86. The van der Waals surface area contributed by atoms with Gasteiger partial charge in [-0.15, -0.1) is 0 Å². The van der Waals surface area contributed by atoms with E-state index >= 15 is 0 Å². The molecule has 1 aliphatic heterocycles. The molecule has 1 aliphatic rings. The Bertz CT molecular complexity index is 1280. The van der Waals surface area contributed by atoms with Crippen LogP contribution >= 0.6 is 11.6 Å². The topological polar surface area (TPSA) is 50.5 Å². The van der Waals surface area contributed by atoms with Crippen molar-refractivity contribution in [3.63, 3.8) is 0 Å². The van der Waals surface area contributed by atoms with Crippen LogP contribution in [0.3, 0.4) is 0 Å². The predicted octanol–water partition coefficient (Wildman–Crippen LogP) is 5.87. The molecule has 0 atom stereocenters. The van der Waals surface area contributed by atoms with Gasteiger partial charge in [0.2, 0.25) is 0 Å². The second-order valence-electron chi connectivity index (χ2n) is 8.08. The highest BCUT2D eigenvalue weighted by Gasteiger charge is 2.29. The Balaban J connectivity index is 1.74. The summed E-state index contributed by atoms with van der Waals surface area (Å²) in [6, 6.07) is 11.8. The third-order valence-electron chi connectivity index (χ3n) is 5.68. The van der Waals surface area contributed by atoms with Crippen LogP contribution in [0.5, 0.6) is 0 Å². The van der Waals surface area contributed by atoms with Gasteiger partial charge >= 0.3 is 0 Å². The molecule has 158 valence electrons. The maximum absolute atomic E-state index is 13.2. The first-order valence-corrected chi connectivity index (χ1v) is 10.6. The van der Waals surface area contributed by atoms with Crippen molar-refractivity contribution in [1.82, 2.24) is 9.78 Å². The first-order valence-electron chi connectivity index (χ1n) is 10.2. The van der Waals surface area contributed by atoms with Crippen molar-refractivity contribution >= 4 is 35.0 Å². The van der Waals surface area contributed by atoms with Gasteiger partial charge in [0, 0.05) is 16.3 Å². The van der Waals surface area contributed by atoms with Crippen molar-refractivity contribution in [1.29, 1.82) is 0 Å². The number of anilines is 1. The third-order valence-corrected chi connectivity index (χ3v) is 6.09. The van der Waals surface area contributed by atoms with E-state index in [0.717, 1.165) is 33.8 Å². The quantitative estimate of drug-likeness (QED) is 0.485. The zero-order chi connectivity index (χ0) is 22.4. The van der Waals surface area contributed by atoms with Crippen LogP contribution in [0.25, 0.3) is 11.8 Å². The number of amides is 1. The summed E-state index contributed by atoms with van der Waals surface area (Å²) in [5.41, 5.74) is 9.02. The van der Waals surface area contributed by atoms with E-state index in [9.17, 15) is 4.79 Å². The van der Waals surface area contributed by atoms with Crippen molar-refractivity contribution in [2.75, 3.05) is 5.01 Å². The van der Waals surface area contributed by atoms with Gasteiger partial charge in [-0.3, -0.25) is 4.79 Å². The minimum atomic E-state index is -0.171. The molecule has 0 saturated heterocycles.